The van der Waals surface area contributed by atoms with Crippen LogP contribution in [0.1, 0.15) is 5.56 Å². The van der Waals surface area contributed by atoms with E-state index in [0.29, 0.717) is 25.7 Å². The number of hydrogen-bond acceptors (Lipinski definition) is 6. The van der Waals surface area contributed by atoms with Crippen LogP contribution in [-0.4, -0.2) is 66.5 Å². The van der Waals surface area contributed by atoms with Crippen molar-refractivity contribution in [1.29, 1.82) is 0 Å². The van der Waals surface area contributed by atoms with Crippen LogP contribution in [0.4, 0.5) is 0 Å². The Labute approximate surface area is 171 Å². The molecule has 1 aromatic carbocycles. The van der Waals surface area contributed by atoms with Crippen LogP contribution in [0, 0.1) is 0 Å². The van der Waals surface area contributed by atoms with Gasteiger partial charge in [0.15, 0.2) is 17.5 Å². The lowest BCUT2D eigenvalue weighted by atomic mass is 10.1. The molecule has 0 aliphatic carbocycles. The highest BCUT2D eigenvalue weighted by Gasteiger charge is 2.12. The molecule has 0 unspecified atom stereocenters. The van der Waals surface area contributed by atoms with Crippen molar-refractivity contribution in [3.05, 3.63) is 23.8 Å². The molecule has 10 heteroatoms. The van der Waals surface area contributed by atoms with Crippen LogP contribution >= 0.6 is 24.0 Å². The number of nitrogens with one attached hydrogen (secondary N) is 2. The van der Waals surface area contributed by atoms with Gasteiger partial charge in [-0.05, 0) is 24.1 Å². The zero-order chi connectivity index (χ0) is 18.1. The maximum atomic E-state index is 11.0. The van der Waals surface area contributed by atoms with E-state index in [1.807, 2.05) is 18.2 Å². The van der Waals surface area contributed by atoms with Crippen LogP contribution < -0.4 is 20.1 Å². The van der Waals surface area contributed by atoms with E-state index >= 15 is 0 Å². The van der Waals surface area contributed by atoms with Crippen LogP contribution in [0.25, 0.3) is 0 Å². The predicted octanol–water partition coefficient (Wildman–Crippen LogP) is 0.802. The zero-order valence-electron chi connectivity index (χ0n) is 15.0. The van der Waals surface area contributed by atoms with Crippen molar-refractivity contribution in [1.82, 2.24) is 10.6 Å². The maximum Gasteiger partial charge on any atom is 0.231 e. The summed E-state index contributed by atoms with van der Waals surface area (Å²) in [6.07, 6.45) is 2.02. The summed E-state index contributed by atoms with van der Waals surface area (Å²) in [4.78, 5) is 4.13. The predicted molar refractivity (Wildman–Crippen MR) is 112 cm³/mol. The smallest absolute Gasteiger partial charge is 0.231 e. The molecule has 0 radical (unpaired) electrons. The van der Waals surface area contributed by atoms with Gasteiger partial charge in [0.2, 0.25) is 6.79 Å². The summed E-state index contributed by atoms with van der Waals surface area (Å²) in [7, 11) is -1.28. The fraction of sp³-hybridized carbons (Fsp3) is 0.562. The van der Waals surface area contributed by atoms with E-state index in [1.165, 1.54) is 6.26 Å². The third-order valence-electron chi connectivity index (χ3n) is 3.50. The number of fused-ring (bicyclic) bond motifs is 1. The van der Waals surface area contributed by atoms with Crippen molar-refractivity contribution in [3.8, 4) is 11.5 Å². The first-order valence-corrected chi connectivity index (χ1v) is 10.1. The Morgan fingerprint density at radius 2 is 1.92 bits per heavy atom. The lowest BCUT2D eigenvalue weighted by Gasteiger charge is -2.12. The molecule has 26 heavy (non-hydrogen) atoms. The molecule has 0 saturated carbocycles. The molecule has 1 aliphatic rings. The minimum atomic E-state index is -2.97. The topological polar surface area (TPSA) is 98.3 Å². The standard InChI is InChI=1S/C16H25N3O5S.HI/c1-17-16(19-7-8-22-9-10-25(2,20)21)18-6-5-13-3-4-14-15(11-13)24-12-23-14;/h3-4,11H,5-10,12H2,1-2H3,(H2,17,18,19);1H. The number of benzene rings is 1. The second kappa shape index (κ2) is 11.4. The van der Waals surface area contributed by atoms with E-state index in [1.54, 1.807) is 7.05 Å². The number of nitrogens with zero attached hydrogens (tertiary/aromatic N) is 1. The van der Waals surface area contributed by atoms with Gasteiger partial charge in [-0.3, -0.25) is 4.99 Å². The number of halogens is 1. The first-order chi connectivity index (χ1) is 12.0. The minimum absolute atomic E-state index is 0. The molecule has 0 amide bonds. The summed E-state index contributed by atoms with van der Waals surface area (Å²) in [5.41, 5.74) is 1.15. The van der Waals surface area contributed by atoms with Gasteiger partial charge in [-0.25, -0.2) is 8.42 Å². The van der Waals surface area contributed by atoms with Crippen LogP contribution in [0.5, 0.6) is 11.5 Å². The summed E-state index contributed by atoms with van der Waals surface area (Å²) in [6, 6.07) is 5.91. The van der Waals surface area contributed by atoms with Crippen LogP contribution in [0.2, 0.25) is 0 Å². The highest BCUT2D eigenvalue weighted by atomic mass is 127. The molecule has 8 nitrogen and oxygen atoms in total. The van der Waals surface area contributed by atoms with Crippen LogP contribution in [0.3, 0.4) is 0 Å². The molecule has 0 aromatic heterocycles. The Bertz CT molecular complexity index is 697. The van der Waals surface area contributed by atoms with Crippen molar-refractivity contribution in [2.45, 2.75) is 6.42 Å². The largest absolute Gasteiger partial charge is 0.454 e. The number of rotatable bonds is 9. The van der Waals surface area contributed by atoms with Gasteiger partial charge in [-0.2, -0.15) is 0 Å². The van der Waals surface area contributed by atoms with E-state index in [0.717, 1.165) is 23.5 Å². The van der Waals surface area contributed by atoms with Crippen molar-refractivity contribution in [2.24, 2.45) is 4.99 Å². The first kappa shape index (κ1) is 22.8. The highest BCUT2D eigenvalue weighted by Crippen LogP contribution is 2.32. The molecule has 0 bridgehead atoms. The van der Waals surface area contributed by atoms with Gasteiger partial charge in [0.05, 0.1) is 19.0 Å². The summed E-state index contributed by atoms with van der Waals surface area (Å²) >= 11 is 0. The second-order valence-electron chi connectivity index (χ2n) is 5.61. The molecule has 0 fully saturated rings. The fourth-order valence-corrected chi connectivity index (χ4v) is 2.62. The van der Waals surface area contributed by atoms with Gasteiger partial charge in [0, 0.05) is 26.4 Å². The molecular formula is C16H26IN3O5S. The first-order valence-electron chi connectivity index (χ1n) is 8.06. The Hall–Kier alpha value is -1.27. The number of guanidine groups is 1. The van der Waals surface area contributed by atoms with Gasteiger partial charge in [0.1, 0.15) is 9.84 Å². The summed E-state index contributed by atoms with van der Waals surface area (Å²) in [5.74, 6) is 2.28. The molecule has 0 atom stereocenters. The van der Waals surface area contributed by atoms with Crippen molar-refractivity contribution in [3.63, 3.8) is 0 Å². The van der Waals surface area contributed by atoms with E-state index < -0.39 is 9.84 Å². The molecule has 1 aliphatic heterocycles. The van der Waals surface area contributed by atoms with Gasteiger partial charge >= 0.3 is 0 Å². The Morgan fingerprint density at radius 1 is 1.19 bits per heavy atom. The van der Waals surface area contributed by atoms with Crippen LogP contribution in [-0.2, 0) is 21.0 Å². The van der Waals surface area contributed by atoms with E-state index in [2.05, 4.69) is 15.6 Å². The number of aliphatic imine (C=N–C) groups is 1. The molecule has 1 heterocycles. The van der Waals surface area contributed by atoms with Crippen molar-refractivity contribution < 1.29 is 22.6 Å². The average molecular weight is 499 g/mol. The van der Waals surface area contributed by atoms with Crippen LogP contribution in [0.15, 0.2) is 23.2 Å². The van der Waals surface area contributed by atoms with E-state index in [9.17, 15) is 8.42 Å². The van der Waals surface area contributed by atoms with E-state index in [-0.39, 0.29) is 43.1 Å². The zero-order valence-corrected chi connectivity index (χ0v) is 18.1. The summed E-state index contributed by atoms with van der Waals surface area (Å²) < 4.78 is 37.9. The Balaban J connectivity index is 0.00000338. The molecule has 2 N–H and O–H groups in total. The van der Waals surface area contributed by atoms with Gasteiger partial charge in [-0.1, -0.05) is 6.07 Å². The van der Waals surface area contributed by atoms with Gasteiger partial charge in [0.25, 0.3) is 0 Å². The normalized spacial score (nSPS) is 13.2. The lowest BCUT2D eigenvalue weighted by Crippen LogP contribution is -2.39. The number of sulfone groups is 1. The van der Waals surface area contributed by atoms with Gasteiger partial charge in [-0.15, -0.1) is 24.0 Å². The average Bonchev–Trinajstić information content (AvgIpc) is 3.03. The van der Waals surface area contributed by atoms with E-state index in [4.69, 9.17) is 14.2 Å². The monoisotopic (exact) mass is 499 g/mol. The Morgan fingerprint density at radius 3 is 2.65 bits per heavy atom. The lowest BCUT2D eigenvalue weighted by molar-refractivity contribution is 0.154. The highest BCUT2D eigenvalue weighted by molar-refractivity contribution is 14.0. The van der Waals surface area contributed by atoms with Crippen molar-refractivity contribution >= 4 is 39.8 Å². The third-order valence-corrected chi connectivity index (χ3v) is 4.41. The fourth-order valence-electron chi connectivity index (χ4n) is 2.20. The third kappa shape index (κ3) is 8.41. The molecule has 148 valence electrons. The minimum Gasteiger partial charge on any atom is -0.454 e. The second-order valence-corrected chi connectivity index (χ2v) is 7.87. The number of hydrogen-bond donors (Lipinski definition) is 2. The SMILES string of the molecule is CN=C(NCCOCCS(C)(=O)=O)NCCc1ccc2c(c1)OCO2.I. The maximum absolute atomic E-state index is 11.0. The summed E-state index contributed by atoms with van der Waals surface area (Å²) in [5, 5.41) is 6.33. The van der Waals surface area contributed by atoms with Gasteiger partial charge < -0.3 is 24.8 Å². The molecule has 0 saturated heterocycles. The molecular weight excluding hydrogens is 473 g/mol. The number of ether oxygens (including phenoxy) is 3. The molecule has 0 spiro atoms. The summed E-state index contributed by atoms with van der Waals surface area (Å²) in [6.45, 7) is 2.16. The Kier molecular flexibility index (Phi) is 10.0. The molecule has 1 aromatic rings. The quantitative estimate of drug-likeness (QED) is 0.225. The van der Waals surface area contributed by atoms with Crippen molar-refractivity contribution in [2.75, 3.05) is 52.2 Å². The molecule has 2 rings (SSSR count).